The molecule has 0 aliphatic carbocycles. The smallest absolute Gasteiger partial charge is 0.367 e. The van der Waals surface area contributed by atoms with Crippen LogP contribution in [-0.2, 0) is 19.6 Å². The van der Waals surface area contributed by atoms with Gasteiger partial charge in [0.1, 0.15) is 22.6 Å². The number of carbonyl (C=O) groups excluding carboxylic acids is 3. The van der Waals surface area contributed by atoms with Crippen LogP contribution >= 0.6 is 22.6 Å². The van der Waals surface area contributed by atoms with Crippen LogP contribution in [-0.4, -0.2) is 47.7 Å². The van der Waals surface area contributed by atoms with E-state index in [9.17, 15) is 46.2 Å². The normalized spacial score (nSPS) is 11.6. The maximum absolute atomic E-state index is 13.3. The van der Waals surface area contributed by atoms with Gasteiger partial charge in [-0.2, -0.15) is 8.78 Å². The minimum Gasteiger partial charge on any atom is -0.743 e. The van der Waals surface area contributed by atoms with Crippen molar-refractivity contribution in [1.29, 1.82) is 0 Å². The molecule has 0 bridgehead atoms. The molecule has 0 radical (unpaired) electrons. The van der Waals surface area contributed by atoms with Crippen molar-refractivity contribution in [3.63, 3.8) is 0 Å². The Morgan fingerprint density at radius 1 is 1.06 bits per heavy atom. The molecule has 36 heavy (non-hydrogen) atoms. The number of nitro benzene ring substituents is 1. The summed E-state index contributed by atoms with van der Waals surface area (Å²) in [5.74, 6) is -4.69. The third kappa shape index (κ3) is 7.14. The number of alkyl halides is 2. The molecular weight excluding hydrogens is 627 g/mol. The third-order valence-corrected chi connectivity index (χ3v) is 5.70. The average Bonchev–Trinajstić information content (AvgIpc) is 2.76. The Kier molecular flexibility index (Phi) is 9.03. The van der Waals surface area contributed by atoms with Crippen molar-refractivity contribution in [3.05, 3.63) is 61.2 Å². The molecule has 0 aliphatic heterocycles. The number of halogens is 3. The highest BCUT2D eigenvalue weighted by Gasteiger charge is 2.40. The van der Waals surface area contributed by atoms with Crippen LogP contribution < -0.4 is 9.47 Å². The molecule has 0 fully saturated rings. The first-order valence-electron chi connectivity index (χ1n) is 9.55. The Morgan fingerprint density at radius 2 is 1.69 bits per heavy atom. The Balaban J connectivity index is 2.35. The molecular formula is C20H15F2INO11S-. The molecule has 0 spiro atoms. The van der Waals surface area contributed by atoms with Crippen LogP contribution in [0.5, 0.6) is 11.5 Å². The first kappa shape index (κ1) is 29.0. The maximum atomic E-state index is 13.3. The zero-order valence-corrected chi connectivity index (χ0v) is 21.2. The monoisotopic (exact) mass is 642 g/mol. The summed E-state index contributed by atoms with van der Waals surface area (Å²) < 4.78 is 73.2. The second-order valence-electron chi connectivity index (χ2n) is 7.21. The summed E-state index contributed by atoms with van der Waals surface area (Å²) in [4.78, 5) is 47.0. The van der Waals surface area contributed by atoms with Crippen molar-refractivity contribution in [2.24, 2.45) is 5.92 Å². The molecule has 0 unspecified atom stereocenters. The van der Waals surface area contributed by atoms with E-state index in [4.69, 9.17) is 9.47 Å². The number of nitrogens with zero attached hydrogens (tertiary/aromatic N) is 1. The molecule has 16 heteroatoms. The SMILES string of the molecule is CC(C)C(=O)Oc1cc(I)ccc1C(=O)Oc1ccc([N+](=O)[O-])c(C(=O)OCC(F)(F)S(=O)(=O)[O-])c1. The van der Waals surface area contributed by atoms with Gasteiger partial charge in [0.25, 0.3) is 5.69 Å². The lowest BCUT2D eigenvalue weighted by Crippen LogP contribution is -2.34. The highest BCUT2D eigenvalue weighted by atomic mass is 127. The van der Waals surface area contributed by atoms with Gasteiger partial charge in [0.2, 0.25) is 0 Å². The fourth-order valence-corrected chi connectivity index (χ4v) is 3.00. The topological polar surface area (TPSA) is 179 Å². The van der Waals surface area contributed by atoms with Gasteiger partial charge in [0, 0.05) is 15.7 Å². The van der Waals surface area contributed by atoms with Gasteiger partial charge in [-0.25, -0.2) is 18.0 Å². The number of benzene rings is 2. The summed E-state index contributed by atoms with van der Waals surface area (Å²) in [5, 5.41) is 6.23. The minimum atomic E-state index is -6.18. The van der Waals surface area contributed by atoms with Crippen LogP contribution in [0.25, 0.3) is 0 Å². The van der Waals surface area contributed by atoms with Crippen LogP contribution in [0.1, 0.15) is 34.6 Å². The number of rotatable bonds is 9. The predicted octanol–water partition coefficient (Wildman–Crippen LogP) is 3.27. The zero-order valence-electron chi connectivity index (χ0n) is 18.2. The van der Waals surface area contributed by atoms with E-state index in [1.54, 1.807) is 13.8 Å². The molecule has 0 aliphatic rings. The van der Waals surface area contributed by atoms with E-state index in [0.29, 0.717) is 15.7 Å². The van der Waals surface area contributed by atoms with Crippen LogP contribution in [0.4, 0.5) is 14.5 Å². The second kappa shape index (κ2) is 11.2. The molecule has 0 heterocycles. The van der Waals surface area contributed by atoms with E-state index in [-0.39, 0.29) is 11.3 Å². The lowest BCUT2D eigenvalue weighted by atomic mass is 10.1. The second-order valence-corrected chi connectivity index (χ2v) is 9.96. The van der Waals surface area contributed by atoms with Crippen LogP contribution in [0.2, 0.25) is 0 Å². The summed E-state index contributed by atoms with van der Waals surface area (Å²) in [6.07, 6.45) is 0. The van der Waals surface area contributed by atoms with Gasteiger partial charge >= 0.3 is 23.2 Å². The summed E-state index contributed by atoms with van der Waals surface area (Å²) in [7, 11) is -6.18. The lowest BCUT2D eigenvalue weighted by Gasteiger charge is -2.19. The van der Waals surface area contributed by atoms with Crippen LogP contribution in [0, 0.1) is 19.6 Å². The van der Waals surface area contributed by atoms with Crippen molar-refractivity contribution in [2.45, 2.75) is 19.1 Å². The Labute approximate surface area is 215 Å². The predicted molar refractivity (Wildman–Crippen MR) is 123 cm³/mol. The van der Waals surface area contributed by atoms with Gasteiger partial charge in [-0.05, 0) is 46.9 Å². The summed E-state index contributed by atoms with van der Waals surface area (Å²) in [6, 6.07) is 6.38. The van der Waals surface area contributed by atoms with Crippen LogP contribution in [0.3, 0.4) is 0 Å². The van der Waals surface area contributed by atoms with E-state index < -0.39 is 67.7 Å². The average molecular weight is 642 g/mol. The standard InChI is InChI=1S/C20H16F2INO11S/c1-10(2)17(25)35-16-7-11(23)3-5-13(16)19(27)34-12-4-6-15(24(28)29)14(8-12)18(26)33-9-20(21,22)36(30,31)32/h3-8,10H,9H2,1-2H3,(H,30,31,32)/p-1. The van der Waals surface area contributed by atoms with Gasteiger partial charge in [-0.15, -0.1) is 0 Å². The number of ether oxygens (including phenoxy) is 3. The van der Waals surface area contributed by atoms with E-state index in [1.807, 2.05) is 22.6 Å². The van der Waals surface area contributed by atoms with Crippen molar-refractivity contribution in [3.8, 4) is 11.5 Å². The van der Waals surface area contributed by atoms with Gasteiger partial charge in [0.05, 0.1) is 10.8 Å². The molecule has 0 saturated heterocycles. The fourth-order valence-electron chi connectivity index (χ4n) is 2.34. The molecule has 0 N–H and O–H groups in total. The largest absolute Gasteiger partial charge is 0.743 e. The number of hydrogen-bond donors (Lipinski definition) is 0. The van der Waals surface area contributed by atoms with E-state index in [1.165, 1.54) is 18.2 Å². The molecule has 12 nitrogen and oxygen atoms in total. The number of nitro groups is 1. The number of carbonyl (C=O) groups is 3. The van der Waals surface area contributed by atoms with E-state index in [0.717, 1.165) is 6.07 Å². The molecule has 0 aromatic heterocycles. The van der Waals surface area contributed by atoms with Gasteiger partial charge in [-0.3, -0.25) is 14.9 Å². The Morgan fingerprint density at radius 3 is 2.25 bits per heavy atom. The number of esters is 3. The zero-order chi connectivity index (χ0) is 27.4. The molecule has 2 aromatic carbocycles. The van der Waals surface area contributed by atoms with Gasteiger partial charge in [-0.1, -0.05) is 13.8 Å². The summed E-state index contributed by atoms with van der Waals surface area (Å²) >= 11 is 1.90. The number of hydrogen-bond acceptors (Lipinski definition) is 11. The first-order valence-corrected chi connectivity index (χ1v) is 12.0. The van der Waals surface area contributed by atoms with Gasteiger partial charge < -0.3 is 18.8 Å². The molecule has 0 saturated carbocycles. The van der Waals surface area contributed by atoms with Gasteiger partial charge in [0.15, 0.2) is 16.7 Å². The van der Waals surface area contributed by atoms with Crippen LogP contribution in [0.15, 0.2) is 36.4 Å². The molecule has 0 amide bonds. The fraction of sp³-hybridized carbons (Fsp3) is 0.250. The highest BCUT2D eigenvalue weighted by molar-refractivity contribution is 14.1. The molecule has 2 rings (SSSR count). The lowest BCUT2D eigenvalue weighted by molar-refractivity contribution is -0.385. The molecule has 0 atom stereocenters. The highest BCUT2D eigenvalue weighted by Crippen LogP contribution is 2.29. The molecule has 2 aromatic rings. The first-order chi connectivity index (χ1) is 16.5. The molecule has 194 valence electrons. The van der Waals surface area contributed by atoms with Crippen molar-refractivity contribution >= 4 is 56.3 Å². The van der Waals surface area contributed by atoms with Crippen molar-refractivity contribution in [1.82, 2.24) is 0 Å². The van der Waals surface area contributed by atoms with Crippen molar-refractivity contribution in [2.75, 3.05) is 6.61 Å². The van der Waals surface area contributed by atoms with E-state index in [2.05, 4.69) is 4.74 Å². The Hall–Kier alpha value is -3.25. The summed E-state index contributed by atoms with van der Waals surface area (Å²) in [5.41, 5.74) is -2.14. The Bertz CT molecular complexity index is 1330. The minimum absolute atomic E-state index is 0.145. The van der Waals surface area contributed by atoms with E-state index >= 15 is 0 Å². The van der Waals surface area contributed by atoms with Crippen molar-refractivity contribution < 1.29 is 55.3 Å². The third-order valence-electron chi connectivity index (χ3n) is 4.18. The quantitative estimate of drug-likeness (QED) is 0.0979. The summed E-state index contributed by atoms with van der Waals surface area (Å²) in [6.45, 7) is 0.925. The maximum Gasteiger partial charge on any atom is 0.367 e.